The molecule has 13 rings (SSSR count). The van der Waals surface area contributed by atoms with Crippen LogP contribution in [0.3, 0.4) is 0 Å². The summed E-state index contributed by atoms with van der Waals surface area (Å²) in [5.74, 6) is 1.90. The quantitative estimate of drug-likeness (QED) is 0.181. The molecule has 2 aliphatic carbocycles. The van der Waals surface area contributed by atoms with Crippen LogP contribution in [0.2, 0.25) is 0 Å². The summed E-state index contributed by atoms with van der Waals surface area (Å²) in [7, 11) is 0. The van der Waals surface area contributed by atoms with Gasteiger partial charge in [0.1, 0.15) is 0 Å². The predicted molar refractivity (Wildman–Crippen MR) is 234 cm³/mol. The Bertz CT molecular complexity index is 3440. The minimum atomic E-state index is -0.467. The van der Waals surface area contributed by atoms with E-state index in [-0.39, 0.29) is 0 Å². The van der Waals surface area contributed by atoms with Crippen LogP contribution in [-0.4, -0.2) is 19.5 Å². The fraction of sp³-hybridized carbons (Fsp3) is 0.0192. The molecule has 0 bridgehead atoms. The maximum atomic E-state index is 5.43. The van der Waals surface area contributed by atoms with Crippen molar-refractivity contribution in [3.05, 3.63) is 204 Å². The third-order valence-electron chi connectivity index (χ3n) is 12.3. The van der Waals surface area contributed by atoms with E-state index in [2.05, 4.69) is 168 Å². The number of nitrogens with zero attached hydrogens (tertiary/aromatic N) is 4. The van der Waals surface area contributed by atoms with Crippen molar-refractivity contribution in [1.82, 2.24) is 19.5 Å². The van der Waals surface area contributed by atoms with Gasteiger partial charge in [0.05, 0.1) is 16.4 Å². The third kappa shape index (κ3) is 4.08. The Labute approximate surface area is 332 Å². The van der Waals surface area contributed by atoms with Crippen molar-refractivity contribution in [3.8, 4) is 51.0 Å². The summed E-state index contributed by atoms with van der Waals surface area (Å²) >= 11 is 1.79. The number of aromatic nitrogens is 4. The van der Waals surface area contributed by atoms with Gasteiger partial charge in [0.2, 0.25) is 5.95 Å². The average Bonchev–Trinajstić information content (AvgIpc) is 3.99. The molecule has 2 aliphatic rings. The van der Waals surface area contributed by atoms with Gasteiger partial charge in [-0.05, 0) is 74.8 Å². The van der Waals surface area contributed by atoms with Crippen LogP contribution in [0.4, 0.5) is 0 Å². The molecule has 4 nitrogen and oxygen atoms in total. The lowest BCUT2D eigenvalue weighted by molar-refractivity contribution is 0.794. The molecule has 3 heterocycles. The van der Waals surface area contributed by atoms with E-state index in [1.54, 1.807) is 11.3 Å². The summed E-state index contributed by atoms with van der Waals surface area (Å²) in [5.41, 5.74) is 14.0. The van der Waals surface area contributed by atoms with Crippen LogP contribution in [0.15, 0.2) is 182 Å². The Balaban J connectivity index is 1.14. The molecule has 264 valence electrons. The van der Waals surface area contributed by atoms with Crippen LogP contribution in [0.1, 0.15) is 22.3 Å². The van der Waals surface area contributed by atoms with E-state index in [1.807, 2.05) is 18.2 Å². The topological polar surface area (TPSA) is 43.6 Å². The van der Waals surface area contributed by atoms with Gasteiger partial charge in [-0.25, -0.2) is 4.98 Å². The minimum absolute atomic E-state index is 0.467. The van der Waals surface area contributed by atoms with Gasteiger partial charge in [0.15, 0.2) is 11.6 Å². The molecule has 8 aromatic carbocycles. The lowest BCUT2D eigenvalue weighted by Crippen LogP contribution is -2.25. The van der Waals surface area contributed by atoms with Crippen LogP contribution >= 0.6 is 11.3 Å². The van der Waals surface area contributed by atoms with Crippen molar-refractivity contribution in [2.24, 2.45) is 0 Å². The molecule has 1 spiro atoms. The first-order valence-electron chi connectivity index (χ1n) is 19.4. The van der Waals surface area contributed by atoms with Crippen molar-refractivity contribution in [2.75, 3.05) is 0 Å². The molecular weight excluding hydrogens is 713 g/mol. The SMILES string of the molecule is c1ccc(-c2nc(-c3cccc4c3sc3ccccc34)nc(-n3c4ccccc4c4cc5c(cc43)C3(c4ccccc4-c4ccccc43)c3ccccc3-5)n2)cc1. The molecule has 0 saturated carbocycles. The van der Waals surface area contributed by atoms with Gasteiger partial charge < -0.3 is 0 Å². The molecule has 3 aromatic heterocycles. The lowest BCUT2D eigenvalue weighted by Gasteiger charge is -2.30. The van der Waals surface area contributed by atoms with E-state index in [4.69, 9.17) is 15.0 Å². The van der Waals surface area contributed by atoms with Gasteiger partial charge in [-0.2, -0.15) is 9.97 Å². The van der Waals surface area contributed by atoms with E-state index in [0.717, 1.165) is 27.5 Å². The average molecular weight is 743 g/mol. The van der Waals surface area contributed by atoms with Gasteiger partial charge in [0, 0.05) is 42.1 Å². The highest BCUT2D eigenvalue weighted by atomic mass is 32.1. The van der Waals surface area contributed by atoms with Crippen LogP contribution in [0.25, 0.3) is 93.0 Å². The minimum Gasteiger partial charge on any atom is -0.278 e. The molecule has 0 unspecified atom stereocenters. The molecule has 0 atom stereocenters. The summed E-state index contributed by atoms with van der Waals surface area (Å²) in [6, 6.07) is 65.9. The van der Waals surface area contributed by atoms with Crippen molar-refractivity contribution in [2.45, 2.75) is 5.41 Å². The number of benzene rings is 8. The van der Waals surface area contributed by atoms with Crippen LogP contribution in [0.5, 0.6) is 0 Å². The fourth-order valence-corrected chi connectivity index (χ4v) is 11.2. The monoisotopic (exact) mass is 742 g/mol. The van der Waals surface area contributed by atoms with Crippen molar-refractivity contribution >= 4 is 53.3 Å². The molecule has 0 saturated heterocycles. The first-order chi connectivity index (χ1) is 28.3. The molecule has 0 amide bonds. The maximum Gasteiger partial charge on any atom is 0.238 e. The van der Waals surface area contributed by atoms with Gasteiger partial charge in [-0.1, -0.05) is 152 Å². The Kier molecular flexibility index (Phi) is 6.22. The zero-order valence-electron chi connectivity index (χ0n) is 30.5. The normalized spacial score (nSPS) is 13.4. The lowest BCUT2D eigenvalue weighted by atomic mass is 9.70. The molecule has 11 aromatic rings. The van der Waals surface area contributed by atoms with Gasteiger partial charge in [-0.3, -0.25) is 4.57 Å². The second kappa shape index (κ2) is 11.4. The zero-order chi connectivity index (χ0) is 37.2. The molecule has 0 N–H and O–H groups in total. The molecular formula is C52H30N4S. The second-order valence-corrected chi connectivity index (χ2v) is 16.1. The second-order valence-electron chi connectivity index (χ2n) is 15.1. The molecule has 5 heteroatoms. The Morgan fingerprint density at radius 3 is 1.72 bits per heavy atom. The number of rotatable bonds is 3. The number of fused-ring (bicyclic) bond motifs is 16. The highest BCUT2D eigenvalue weighted by Gasteiger charge is 2.51. The molecule has 0 fully saturated rings. The smallest absolute Gasteiger partial charge is 0.238 e. The van der Waals surface area contributed by atoms with Gasteiger partial charge in [-0.15, -0.1) is 11.3 Å². The van der Waals surface area contributed by atoms with Crippen molar-refractivity contribution in [1.29, 1.82) is 0 Å². The summed E-state index contributed by atoms with van der Waals surface area (Å²) < 4.78 is 4.70. The Hall–Kier alpha value is -7.21. The number of thiophene rings is 1. The Morgan fingerprint density at radius 1 is 0.386 bits per heavy atom. The van der Waals surface area contributed by atoms with Crippen LogP contribution in [0, 0.1) is 0 Å². The van der Waals surface area contributed by atoms with E-state index in [9.17, 15) is 0 Å². The predicted octanol–water partition coefficient (Wildman–Crippen LogP) is 13.0. The van der Waals surface area contributed by atoms with Crippen LogP contribution in [-0.2, 0) is 5.41 Å². The molecule has 57 heavy (non-hydrogen) atoms. The summed E-state index contributed by atoms with van der Waals surface area (Å²) in [5, 5.41) is 4.80. The molecule has 0 aliphatic heterocycles. The third-order valence-corrected chi connectivity index (χ3v) is 13.5. The van der Waals surface area contributed by atoms with E-state index in [1.165, 1.54) is 70.1 Å². The number of para-hydroxylation sites is 1. The first kappa shape index (κ1) is 31.0. The summed E-state index contributed by atoms with van der Waals surface area (Å²) in [6.07, 6.45) is 0. The van der Waals surface area contributed by atoms with Crippen molar-refractivity contribution < 1.29 is 0 Å². The first-order valence-corrected chi connectivity index (χ1v) is 20.2. The summed E-state index contributed by atoms with van der Waals surface area (Å²) in [4.78, 5) is 16.0. The maximum absolute atomic E-state index is 5.43. The number of hydrogen-bond acceptors (Lipinski definition) is 4. The van der Waals surface area contributed by atoms with Gasteiger partial charge in [0.25, 0.3) is 0 Å². The van der Waals surface area contributed by atoms with E-state index in [0.29, 0.717) is 17.6 Å². The largest absolute Gasteiger partial charge is 0.278 e. The van der Waals surface area contributed by atoms with E-state index < -0.39 is 5.41 Å². The number of hydrogen-bond donors (Lipinski definition) is 0. The highest BCUT2D eigenvalue weighted by Crippen LogP contribution is 2.63. The molecule has 0 radical (unpaired) electrons. The van der Waals surface area contributed by atoms with Gasteiger partial charge >= 0.3 is 0 Å². The standard InChI is InChI=1S/C52H30N4S/c1-2-15-31(16-3-1)49-53-50(38-23-14-22-37-36-21-8-13-28-47(36)57-48(37)38)55-51(54-49)56-45-27-12-7-20-35(45)40-29-39-34-19-6-11-26-43(34)52(44(39)30-46(40)56)41-24-9-4-17-32(41)33-18-5-10-25-42(33)52/h1-30H. The van der Waals surface area contributed by atoms with E-state index >= 15 is 0 Å². The summed E-state index contributed by atoms with van der Waals surface area (Å²) in [6.45, 7) is 0. The fourth-order valence-electron chi connectivity index (χ4n) is 9.99. The zero-order valence-corrected chi connectivity index (χ0v) is 31.3. The van der Waals surface area contributed by atoms with Crippen molar-refractivity contribution in [3.63, 3.8) is 0 Å². The Morgan fingerprint density at radius 2 is 0.965 bits per heavy atom. The van der Waals surface area contributed by atoms with Crippen LogP contribution < -0.4 is 0 Å². The highest BCUT2D eigenvalue weighted by molar-refractivity contribution is 7.26.